The number of carbonyl (C=O) groups excluding carboxylic acids is 2. The Morgan fingerprint density at radius 1 is 1.12 bits per heavy atom. The smallest absolute Gasteiger partial charge is 0.348 e. The zero-order valence-electron chi connectivity index (χ0n) is 20.3. The lowest BCUT2D eigenvalue weighted by atomic mass is 9.95. The van der Waals surface area contributed by atoms with Gasteiger partial charge in [0.05, 0.1) is 25.4 Å². The average Bonchev–Trinajstić information content (AvgIpc) is 3.40. The van der Waals surface area contributed by atoms with Gasteiger partial charge < -0.3 is 14.4 Å². The first-order valence-electron chi connectivity index (χ1n) is 12.2. The Hall–Kier alpha value is -2.18. The third-order valence-electron chi connectivity index (χ3n) is 6.07. The molecule has 0 saturated carbocycles. The van der Waals surface area contributed by atoms with E-state index < -0.39 is 0 Å². The van der Waals surface area contributed by atoms with E-state index in [0.29, 0.717) is 30.4 Å². The molecule has 2 heterocycles. The van der Waals surface area contributed by atoms with Gasteiger partial charge in [-0.25, -0.2) is 4.79 Å². The molecule has 1 aliphatic rings. The molecule has 0 unspecified atom stereocenters. The van der Waals surface area contributed by atoms with Crippen molar-refractivity contribution in [3.8, 4) is 0 Å². The lowest BCUT2D eigenvalue weighted by Crippen LogP contribution is -2.36. The van der Waals surface area contributed by atoms with Crippen LogP contribution in [-0.4, -0.2) is 30.6 Å². The monoisotopic (exact) mass is 471 g/mol. The minimum absolute atomic E-state index is 0.0377. The maximum atomic E-state index is 12.6. The molecule has 0 N–H and O–H groups in total. The van der Waals surface area contributed by atoms with Gasteiger partial charge in [0.15, 0.2) is 0 Å². The third-order valence-corrected chi connectivity index (χ3v) is 7.11. The van der Waals surface area contributed by atoms with Crippen molar-refractivity contribution in [2.24, 2.45) is 0 Å². The van der Waals surface area contributed by atoms with Crippen LogP contribution < -0.4 is 4.90 Å². The van der Waals surface area contributed by atoms with Crippen LogP contribution in [0.3, 0.4) is 0 Å². The molecule has 180 valence electrons. The van der Waals surface area contributed by atoms with E-state index in [9.17, 15) is 9.59 Å². The van der Waals surface area contributed by atoms with Crippen molar-refractivity contribution >= 4 is 28.9 Å². The predicted molar refractivity (Wildman–Crippen MR) is 134 cm³/mol. The maximum Gasteiger partial charge on any atom is 0.348 e. The van der Waals surface area contributed by atoms with E-state index in [1.54, 1.807) is 6.07 Å². The highest BCUT2D eigenvalue weighted by Crippen LogP contribution is 2.30. The topological polar surface area (TPSA) is 55.8 Å². The fourth-order valence-corrected chi connectivity index (χ4v) is 5.05. The van der Waals surface area contributed by atoms with Crippen LogP contribution in [0, 0.1) is 0 Å². The van der Waals surface area contributed by atoms with E-state index >= 15 is 0 Å². The fourth-order valence-electron chi connectivity index (χ4n) is 4.22. The van der Waals surface area contributed by atoms with Gasteiger partial charge >= 0.3 is 5.97 Å². The molecule has 1 fully saturated rings. The predicted octanol–water partition coefficient (Wildman–Crippen LogP) is 6.71. The first kappa shape index (κ1) is 25.4. The minimum atomic E-state index is -0.294. The second kappa shape index (κ2) is 12.3. The zero-order chi connectivity index (χ0) is 23.8. The molecule has 1 saturated heterocycles. The molecule has 1 aromatic heterocycles. The Kier molecular flexibility index (Phi) is 9.51. The summed E-state index contributed by atoms with van der Waals surface area (Å²) in [6, 6.07) is 12.2. The molecular formula is C27H37NO4S. The highest BCUT2D eigenvalue weighted by Gasteiger charge is 2.32. The van der Waals surface area contributed by atoms with Gasteiger partial charge in [0.1, 0.15) is 4.88 Å². The molecule has 1 aliphatic heterocycles. The number of thiophene rings is 1. The van der Waals surface area contributed by atoms with Crippen molar-refractivity contribution < 1.29 is 19.1 Å². The Morgan fingerprint density at radius 3 is 2.58 bits per heavy atom. The lowest BCUT2D eigenvalue weighted by Gasteiger charge is -2.25. The van der Waals surface area contributed by atoms with Crippen molar-refractivity contribution in [3.05, 3.63) is 51.7 Å². The number of anilines is 1. The van der Waals surface area contributed by atoms with Crippen molar-refractivity contribution in [1.29, 1.82) is 0 Å². The summed E-state index contributed by atoms with van der Waals surface area (Å²) < 4.78 is 11.2. The summed E-state index contributed by atoms with van der Waals surface area (Å²) in [4.78, 5) is 28.1. The Morgan fingerprint density at radius 2 is 1.88 bits per heavy atom. The lowest BCUT2D eigenvalue weighted by molar-refractivity contribution is -0.117. The molecular weight excluding hydrogens is 434 g/mol. The van der Waals surface area contributed by atoms with Crippen LogP contribution >= 0.6 is 11.3 Å². The summed E-state index contributed by atoms with van der Waals surface area (Å²) in [6.45, 7) is 9.09. The Balaban J connectivity index is 1.54. The summed E-state index contributed by atoms with van der Waals surface area (Å²) in [5.74, 6) is 0.395. The van der Waals surface area contributed by atoms with Gasteiger partial charge in [-0.2, -0.15) is 0 Å². The summed E-state index contributed by atoms with van der Waals surface area (Å²) >= 11 is 1.39. The van der Waals surface area contributed by atoms with E-state index in [0.717, 1.165) is 17.0 Å². The number of unbranched alkanes of at least 4 members (excludes halogenated alkanes) is 2. The first-order chi connectivity index (χ1) is 15.9. The molecule has 33 heavy (non-hydrogen) atoms. The molecule has 6 heteroatoms. The highest BCUT2D eigenvalue weighted by atomic mass is 32.1. The fraction of sp³-hybridized carbons (Fsp3) is 0.556. The molecule has 1 amide bonds. The van der Waals surface area contributed by atoms with Crippen molar-refractivity contribution in [1.82, 2.24) is 0 Å². The van der Waals surface area contributed by atoms with Gasteiger partial charge in [0.2, 0.25) is 5.91 Å². The standard InChI is InChI=1S/C27H37NO4S/c1-5-6-7-8-20(4)21-9-11-22(12-10-21)28-23(13-16-26(28)29)17-31-18-24-14-15-25(33-24)27(30)32-19(2)3/h9-12,14-15,19-20,23H,5-8,13,16-18H2,1-4H3/t20-,23+/m0/s1. The normalized spacial score (nSPS) is 17.1. The number of esters is 1. The zero-order valence-corrected chi connectivity index (χ0v) is 21.2. The van der Waals surface area contributed by atoms with Crippen LogP contribution in [0.25, 0.3) is 0 Å². The Bertz CT molecular complexity index is 905. The molecule has 0 bridgehead atoms. The van der Waals surface area contributed by atoms with Crippen LogP contribution in [-0.2, 0) is 20.9 Å². The van der Waals surface area contributed by atoms with Crippen LogP contribution in [0.5, 0.6) is 0 Å². The molecule has 3 rings (SSSR count). The second-order valence-electron chi connectivity index (χ2n) is 9.18. The van der Waals surface area contributed by atoms with Gasteiger partial charge in [-0.1, -0.05) is 45.2 Å². The molecule has 2 aromatic rings. The van der Waals surface area contributed by atoms with E-state index in [4.69, 9.17) is 9.47 Å². The molecule has 0 radical (unpaired) electrons. The Labute approximate surface area is 202 Å². The van der Waals surface area contributed by atoms with Gasteiger partial charge in [-0.15, -0.1) is 11.3 Å². The number of ether oxygens (including phenoxy) is 2. The number of amides is 1. The summed E-state index contributed by atoms with van der Waals surface area (Å²) in [5.41, 5.74) is 2.28. The molecule has 1 aromatic carbocycles. The number of rotatable bonds is 12. The van der Waals surface area contributed by atoms with E-state index in [1.807, 2.05) is 24.8 Å². The average molecular weight is 472 g/mol. The second-order valence-corrected chi connectivity index (χ2v) is 10.3. The summed E-state index contributed by atoms with van der Waals surface area (Å²) in [6.07, 6.45) is 6.19. The number of carbonyl (C=O) groups is 2. The van der Waals surface area contributed by atoms with Crippen LogP contribution in [0.15, 0.2) is 36.4 Å². The van der Waals surface area contributed by atoms with Crippen LogP contribution in [0.4, 0.5) is 5.69 Å². The third kappa shape index (κ3) is 7.15. The maximum absolute atomic E-state index is 12.6. The highest BCUT2D eigenvalue weighted by molar-refractivity contribution is 7.13. The van der Waals surface area contributed by atoms with Gasteiger partial charge in [0, 0.05) is 17.0 Å². The quantitative estimate of drug-likeness (QED) is 0.255. The van der Waals surface area contributed by atoms with Crippen LogP contribution in [0.2, 0.25) is 0 Å². The largest absolute Gasteiger partial charge is 0.459 e. The summed E-state index contributed by atoms with van der Waals surface area (Å²) in [7, 11) is 0. The van der Waals surface area contributed by atoms with Gasteiger partial charge in [0.25, 0.3) is 0 Å². The minimum Gasteiger partial charge on any atom is -0.459 e. The molecule has 2 atom stereocenters. The number of hydrogen-bond donors (Lipinski definition) is 0. The summed E-state index contributed by atoms with van der Waals surface area (Å²) in [5, 5.41) is 0. The molecule has 0 aliphatic carbocycles. The number of hydrogen-bond acceptors (Lipinski definition) is 5. The first-order valence-corrected chi connectivity index (χ1v) is 13.0. The number of benzene rings is 1. The van der Waals surface area contributed by atoms with E-state index in [1.165, 1.54) is 42.6 Å². The van der Waals surface area contributed by atoms with Crippen molar-refractivity contribution in [2.75, 3.05) is 11.5 Å². The SMILES string of the molecule is CCCCC[C@H](C)c1ccc(N2C(=O)CC[C@@H]2COCc2ccc(C(=O)OC(C)C)s2)cc1. The molecule has 0 spiro atoms. The van der Waals surface area contributed by atoms with Crippen molar-refractivity contribution in [3.63, 3.8) is 0 Å². The van der Waals surface area contributed by atoms with Gasteiger partial charge in [-0.3, -0.25) is 4.79 Å². The van der Waals surface area contributed by atoms with Gasteiger partial charge in [-0.05, 0) is 62.4 Å². The van der Waals surface area contributed by atoms with Crippen molar-refractivity contribution in [2.45, 2.75) is 90.9 Å². The number of nitrogens with zero attached hydrogens (tertiary/aromatic N) is 1. The van der Waals surface area contributed by atoms with E-state index in [2.05, 4.69) is 38.1 Å². The molecule has 5 nitrogen and oxygen atoms in total. The van der Waals surface area contributed by atoms with Crippen LogP contribution in [0.1, 0.15) is 92.3 Å². The van der Waals surface area contributed by atoms with E-state index in [-0.39, 0.29) is 24.0 Å².